The highest BCUT2D eigenvalue weighted by molar-refractivity contribution is 9.10. The Morgan fingerprint density at radius 1 is 1.20 bits per heavy atom. The molecule has 1 aliphatic carbocycles. The van der Waals surface area contributed by atoms with E-state index in [1.165, 1.54) is 48.7 Å². The van der Waals surface area contributed by atoms with Gasteiger partial charge < -0.3 is 5.73 Å². The van der Waals surface area contributed by atoms with Gasteiger partial charge in [-0.25, -0.2) is 0 Å². The van der Waals surface area contributed by atoms with E-state index in [4.69, 9.17) is 5.73 Å². The van der Waals surface area contributed by atoms with Crippen molar-refractivity contribution in [1.82, 2.24) is 4.90 Å². The Kier molecular flexibility index (Phi) is 4.49. The highest BCUT2D eigenvalue weighted by atomic mass is 79.9. The van der Waals surface area contributed by atoms with Crippen LogP contribution in [-0.2, 0) is 0 Å². The van der Waals surface area contributed by atoms with E-state index in [9.17, 15) is 0 Å². The summed E-state index contributed by atoms with van der Waals surface area (Å²) in [6, 6.07) is 9.84. The molecule has 2 fully saturated rings. The smallest absolute Gasteiger partial charge is 0.0510 e. The van der Waals surface area contributed by atoms with E-state index >= 15 is 0 Å². The molecule has 2 aliphatic rings. The zero-order valence-electron chi connectivity index (χ0n) is 12.3. The Morgan fingerprint density at radius 3 is 2.70 bits per heavy atom. The molecule has 3 rings (SSSR count). The fraction of sp³-hybridized carbons (Fsp3) is 0.647. The molecule has 1 saturated heterocycles. The lowest BCUT2D eigenvalue weighted by molar-refractivity contribution is 0.118. The number of halogens is 1. The second-order valence-corrected chi connectivity index (χ2v) is 7.32. The van der Waals surface area contributed by atoms with Gasteiger partial charge in [0.2, 0.25) is 0 Å². The largest absolute Gasteiger partial charge is 0.326 e. The first-order valence-electron chi connectivity index (χ1n) is 7.94. The van der Waals surface area contributed by atoms with Crippen molar-refractivity contribution in [3.63, 3.8) is 0 Å². The summed E-state index contributed by atoms with van der Waals surface area (Å²) in [5.74, 6) is 0.910. The number of likely N-dealkylation sites (tertiary alicyclic amines) is 1. The van der Waals surface area contributed by atoms with Crippen LogP contribution in [0, 0.1) is 5.92 Å². The van der Waals surface area contributed by atoms with Crippen molar-refractivity contribution in [2.24, 2.45) is 11.7 Å². The van der Waals surface area contributed by atoms with E-state index < -0.39 is 0 Å². The lowest BCUT2D eigenvalue weighted by Crippen LogP contribution is -2.44. The minimum absolute atomic E-state index is 0.161. The van der Waals surface area contributed by atoms with Crippen LogP contribution in [0.15, 0.2) is 28.7 Å². The van der Waals surface area contributed by atoms with Gasteiger partial charge in [0.25, 0.3) is 0 Å². The van der Waals surface area contributed by atoms with Gasteiger partial charge in [0.05, 0.1) is 6.04 Å². The third-order valence-electron chi connectivity index (χ3n) is 5.13. The van der Waals surface area contributed by atoms with Gasteiger partial charge in [-0.1, -0.05) is 47.0 Å². The Morgan fingerprint density at radius 2 is 1.95 bits per heavy atom. The number of hydrogen-bond acceptors (Lipinski definition) is 2. The molecular weight excluding hydrogens is 312 g/mol. The summed E-state index contributed by atoms with van der Waals surface area (Å²) in [4.78, 5) is 2.70. The van der Waals surface area contributed by atoms with Gasteiger partial charge in [0.15, 0.2) is 0 Å². The lowest BCUT2D eigenvalue weighted by atomic mass is 9.84. The van der Waals surface area contributed by atoms with Crippen LogP contribution < -0.4 is 5.73 Å². The van der Waals surface area contributed by atoms with Crippen molar-refractivity contribution < 1.29 is 0 Å². The molecule has 2 N–H and O–H groups in total. The molecule has 0 spiro atoms. The monoisotopic (exact) mass is 336 g/mol. The molecule has 110 valence electrons. The SMILES string of the molecule is CC(N)C(c1ccccc1Br)N1CCC2CCCCC21. The number of rotatable bonds is 3. The second kappa shape index (κ2) is 6.17. The summed E-state index contributed by atoms with van der Waals surface area (Å²) in [7, 11) is 0. The fourth-order valence-electron chi connectivity index (χ4n) is 4.27. The van der Waals surface area contributed by atoms with Gasteiger partial charge in [-0.3, -0.25) is 4.90 Å². The predicted octanol–water partition coefficient (Wildman–Crippen LogP) is 4.10. The number of fused-ring (bicyclic) bond motifs is 1. The van der Waals surface area contributed by atoms with E-state index in [0.29, 0.717) is 6.04 Å². The molecule has 1 heterocycles. The minimum Gasteiger partial charge on any atom is -0.326 e. The molecule has 0 aromatic heterocycles. The Bertz CT molecular complexity index is 460. The maximum atomic E-state index is 6.38. The molecule has 4 atom stereocenters. The van der Waals surface area contributed by atoms with Crippen LogP contribution in [0.5, 0.6) is 0 Å². The van der Waals surface area contributed by atoms with Crippen LogP contribution in [0.25, 0.3) is 0 Å². The summed E-state index contributed by atoms with van der Waals surface area (Å²) in [6.07, 6.45) is 6.95. The van der Waals surface area contributed by atoms with Crippen LogP contribution in [0.4, 0.5) is 0 Å². The van der Waals surface area contributed by atoms with E-state index in [-0.39, 0.29) is 6.04 Å². The molecule has 3 heteroatoms. The molecule has 2 nitrogen and oxygen atoms in total. The maximum absolute atomic E-state index is 6.38. The maximum Gasteiger partial charge on any atom is 0.0510 e. The van der Waals surface area contributed by atoms with Crippen molar-refractivity contribution in [3.05, 3.63) is 34.3 Å². The fourth-order valence-corrected chi connectivity index (χ4v) is 4.79. The molecule has 20 heavy (non-hydrogen) atoms. The topological polar surface area (TPSA) is 29.3 Å². The zero-order chi connectivity index (χ0) is 14.1. The van der Waals surface area contributed by atoms with Gasteiger partial charge in [-0.2, -0.15) is 0 Å². The van der Waals surface area contributed by atoms with Crippen LogP contribution in [-0.4, -0.2) is 23.5 Å². The number of benzene rings is 1. The summed E-state index contributed by atoms with van der Waals surface area (Å²) >= 11 is 3.72. The van der Waals surface area contributed by atoms with Crippen molar-refractivity contribution in [1.29, 1.82) is 0 Å². The quantitative estimate of drug-likeness (QED) is 0.900. The van der Waals surface area contributed by atoms with Gasteiger partial charge in [0.1, 0.15) is 0 Å². The highest BCUT2D eigenvalue weighted by Gasteiger charge is 2.40. The van der Waals surface area contributed by atoms with Crippen molar-refractivity contribution in [2.75, 3.05) is 6.54 Å². The molecule has 4 unspecified atom stereocenters. The van der Waals surface area contributed by atoms with Gasteiger partial charge >= 0.3 is 0 Å². The lowest BCUT2D eigenvalue weighted by Gasteiger charge is -2.39. The van der Waals surface area contributed by atoms with Crippen LogP contribution >= 0.6 is 15.9 Å². The number of nitrogens with zero attached hydrogens (tertiary/aromatic N) is 1. The first kappa shape index (κ1) is 14.6. The zero-order valence-corrected chi connectivity index (χ0v) is 13.8. The van der Waals surface area contributed by atoms with E-state index in [1.807, 2.05) is 0 Å². The summed E-state index contributed by atoms with van der Waals surface area (Å²) in [5.41, 5.74) is 7.73. The summed E-state index contributed by atoms with van der Waals surface area (Å²) in [6.45, 7) is 3.36. The molecule has 1 saturated carbocycles. The summed E-state index contributed by atoms with van der Waals surface area (Å²) in [5, 5.41) is 0. The van der Waals surface area contributed by atoms with Crippen LogP contribution in [0.2, 0.25) is 0 Å². The Labute approximate surface area is 130 Å². The van der Waals surface area contributed by atoms with Crippen LogP contribution in [0.1, 0.15) is 50.6 Å². The van der Waals surface area contributed by atoms with Crippen molar-refractivity contribution in [3.8, 4) is 0 Å². The molecule has 1 aliphatic heterocycles. The molecule has 1 aromatic rings. The third-order valence-corrected chi connectivity index (χ3v) is 5.85. The van der Waals surface area contributed by atoms with E-state index in [2.05, 4.69) is 52.0 Å². The summed E-state index contributed by atoms with van der Waals surface area (Å²) < 4.78 is 1.20. The minimum atomic E-state index is 0.161. The number of hydrogen-bond donors (Lipinski definition) is 1. The second-order valence-electron chi connectivity index (χ2n) is 6.46. The third kappa shape index (κ3) is 2.68. The van der Waals surface area contributed by atoms with E-state index in [1.54, 1.807) is 0 Å². The number of nitrogens with two attached hydrogens (primary N) is 1. The van der Waals surface area contributed by atoms with Crippen molar-refractivity contribution >= 4 is 15.9 Å². The first-order valence-corrected chi connectivity index (χ1v) is 8.73. The van der Waals surface area contributed by atoms with Gasteiger partial charge in [-0.15, -0.1) is 0 Å². The normalized spacial score (nSPS) is 29.9. The van der Waals surface area contributed by atoms with E-state index in [0.717, 1.165) is 12.0 Å². The average Bonchev–Trinajstić information content (AvgIpc) is 2.85. The molecular formula is C17H25BrN2. The molecule has 0 amide bonds. The molecule has 0 bridgehead atoms. The standard InChI is InChI=1S/C17H25BrN2/c1-12(19)17(14-7-3-4-8-15(14)18)20-11-10-13-6-2-5-9-16(13)20/h3-4,7-8,12-13,16-17H,2,5-6,9-11,19H2,1H3. The molecule has 0 radical (unpaired) electrons. The van der Waals surface area contributed by atoms with Gasteiger partial charge in [-0.05, 0) is 50.3 Å². The highest BCUT2D eigenvalue weighted by Crippen LogP contribution is 2.42. The van der Waals surface area contributed by atoms with Crippen molar-refractivity contribution in [2.45, 2.75) is 57.2 Å². The first-order chi connectivity index (χ1) is 9.68. The Balaban J connectivity index is 1.90. The Hall–Kier alpha value is -0.380. The molecule has 1 aromatic carbocycles. The van der Waals surface area contributed by atoms with Crippen LogP contribution in [0.3, 0.4) is 0 Å². The van der Waals surface area contributed by atoms with Gasteiger partial charge in [0, 0.05) is 16.6 Å². The predicted molar refractivity (Wildman–Crippen MR) is 87.6 cm³/mol. The average molecular weight is 337 g/mol.